The zero-order valence-corrected chi connectivity index (χ0v) is 15.7. The van der Waals surface area contributed by atoms with Gasteiger partial charge in [-0.2, -0.15) is 0 Å². The molecule has 2 aromatic rings. The zero-order chi connectivity index (χ0) is 19.4. The number of carboxylic acid groups (broad SMARTS) is 1. The summed E-state index contributed by atoms with van der Waals surface area (Å²) in [6.07, 6.45) is 1.76. The first kappa shape index (κ1) is 19.0. The van der Waals surface area contributed by atoms with Gasteiger partial charge in [-0.1, -0.05) is 30.3 Å². The van der Waals surface area contributed by atoms with Crippen LogP contribution in [0.5, 0.6) is 5.75 Å². The van der Waals surface area contributed by atoms with Crippen molar-refractivity contribution >= 4 is 11.9 Å². The lowest BCUT2D eigenvalue weighted by atomic mass is 9.89. The molecule has 5 nitrogen and oxygen atoms in total. The van der Waals surface area contributed by atoms with Crippen molar-refractivity contribution in [2.75, 3.05) is 13.1 Å². The maximum Gasteiger partial charge on any atom is 0.347 e. The van der Waals surface area contributed by atoms with Crippen molar-refractivity contribution in [2.24, 2.45) is 0 Å². The molecule has 1 aliphatic rings. The van der Waals surface area contributed by atoms with Crippen LogP contribution in [0.3, 0.4) is 0 Å². The molecule has 2 aromatic carbocycles. The highest BCUT2D eigenvalue weighted by Crippen LogP contribution is 2.31. The van der Waals surface area contributed by atoms with Crippen molar-refractivity contribution in [1.82, 2.24) is 4.90 Å². The van der Waals surface area contributed by atoms with Crippen molar-refractivity contribution < 1.29 is 19.4 Å². The Bertz CT molecular complexity index is 808. The first-order chi connectivity index (χ1) is 12.9. The minimum atomic E-state index is -1.27. The van der Waals surface area contributed by atoms with Gasteiger partial charge in [0, 0.05) is 18.7 Å². The summed E-state index contributed by atoms with van der Waals surface area (Å²) in [4.78, 5) is 25.7. The number of carbonyl (C=O) groups is 2. The molecule has 0 spiro atoms. The molecule has 0 bridgehead atoms. The van der Waals surface area contributed by atoms with E-state index in [-0.39, 0.29) is 5.91 Å². The molecule has 0 aliphatic carbocycles. The quantitative estimate of drug-likeness (QED) is 0.869. The third kappa shape index (κ3) is 4.48. The number of hydrogen-bond acceptors (Lipinski definition) is 3. The Balaban J connectivity index is 1.64. The molecule has 1 saturated heterocycles. The smallest absolute Gasteiger partial charge is 0.347 e. The fourth-order valence-corrected chi connectivity index (χ4v) is 3.35. The van der Waals surface area contributed by atoms with Gasteiger partial charge in [-0.05, 0) is 62.4 Å². The number of carbonyl (C=O) groups excluding carboxylic acids is 1. The molecule has 0 atom stereocenters. The highest BCUT2D eigenvalue weighted by molar-refractivity contribution is 5.94. The van der Waals surface area contributed by atoms with Gasteiger partial charge in [-0.3, -0.25) is 4.79 Å². The second kappa shape index (κ2) is 7.82. The van der Waals surface area contributed by atoms with Gasteiger partial charge in [-0.15, -0.1) is 0 Å². The average Bonchev–Trinajstić information content (AvgIpc) is 2.68. The molecule has 0 unspecified atom stereocenters. The summed E-state index contributed by atoms with van der Waals surface area (Å²) in [5.41, 5.74) is 0.576. The highest BCUT2D eigenvalue weighted by atomic mass is 16.5. The van der Waals surface area contributed by atoms with Gasteiger partial charge in [0.15, 0.2) is 5.60 Å². The average molecular weight is 367 g/mol. The van der Waals surface area contributed by atoms with Crippen LogP contribution in [0, 0.1) is 0 Å². The van der Waals surface area contributed by atoms with E-state index in [2.05, 4.69) is 0 Å². The van der Waals surface area contributed by atoms with Gasteiger partial charge in [0.05, 0.1) is 0 Å². The number of likely N-dealkylation sites (tertiary alicyclic amines) is 1. The number of benzene rings is 2. The van der Waals surface area contributed by atoms with Crippen LogP contribution >= 0.6 is 0 Å². The molecule has 0 radical (unpaired) electrons. The maximum absolute atomic E-state index is 12.6. The van der Waals surface area contributed by atoms with Crippen LogP contribution in [0.2, 0.25) is 0 Å². The number of carboxylic acids is 1. The van der Waals surface area contributed by atoms with E-state index < -0.39 is 11.6 Å². The largest absolute Gasteiger partial charge is 0.478 e. The summed E-state index contributed by atoms with van der Waals surface area (Å²) in [5.74, 6) is -0.0287. The van der Waals surface area contributed by atoms with Gasteiger partial charge >= 0.3 is 5.97 Å². The topological polar surface area (TPSA) is 66.8 Å². The molecule has 1 aliphatic heterocycles. The van der Waals surface area contributed by atoms with Crippen molar-refractivity contribution in [1.29, 1.82) is 0 Å². The number of piperidine rings is 1. The molecular formula is C22H25NO4. The number of ether oxygens (including phenoxy) is 1. The van der Waals surface area contributed by atoms with E-state index in [1.165, 1.54) is 13.8 Å². The summed E-state index contributed by atoms with van der Waals surface area (Å²) in [7, 11) is 0. The third-order valence-electron chi connectivity index (χ3n) is 5.02. The molecule has 27 heavy (non-hydrogen) atoms. The van der Waals surface area contributed by atoms with E-state index >= 15 is 0 Å². The first-order valence-electron chi connectivity index (χ1n) is 9.23. The number of aliphatic carboxylic acids is 1. The third-order valence-corrected chi connectivity index (χ3v) is 5.02. The fourth-order valence-electron chi connectivity index (χ4n) is 3.35. The molecule has 142 valence electrons. The fraction of sp³-hybridized carbons (Fsp3) is 0.364. The van der Waals surface area contributed by atoms with E-state index in [0.29, 0.717) is 24.8 Å². The Hall–Kier alpha value is -2.82. The van der Waals surface area contributed by atoms with Gasteiger partial charge < -0.3 is 14.7 Å². The minimum Gasteiger partial charge on any atom is -0.478 e. The van der Waals surface area contributed by atoms with Gasteiger partial charge in [0.2, 0.25) is 0 Å². The predicted octanol–water partition coefficient (Wildman–Crippen LogP) is 3.95. The van der Waals surface area contributed by atoms with E-state index in [4.69, 9.17) is 4.74 Å². The monoisotopic (exact) mass is 367 g/mol. The van der Waals surface area contributed by atoms with Crippen LogP contribution in [-0.2, 0) is 4.79 Å². The summed E-state index contributed by atoms with van der Waals surface area (Å²) in [6.45, 7) is 4.50. The van der Waals surface area contributed by atoms with E-state index in [0.717, 1.165) is 24.0 Å². The normalized spacial score (nSPS) is 15.4. The molecular weight excluding hydrogens is 342 g/mol. The second-order valence-corrected chi connectivity index (χ2v) is 7.42. The second-order valence-electron chi connectivity index (χ2n) is 7.42. The summed E-state index contributed by atoms with van der Waals surface area (Å²) in [6, 6.07) is 17.0. The predicted molar refractivity (Wildman–Crippen MR) is 103 cm³/mol. The van der Waals surface area contributed by atoms with Crippen LogP contribution in [0.15, 0.2) is 54.6 Å². The Kier molecular flexibility index (Phi) is 5.49. The Morgan fingerprint density at radius 2 is 1.70 bits per heavy atom. The Labute approximate surface area is 159 Å². The molecule has 3 rings (SSSR count). The van der Waals surface area contributed by atoms with E-state index in [1.807, 2.05) is 53.4 Å². The number of rotatable bonds is 5. The Morgan fingerprint density at radius 3 is 2.33 bits per heavy atom. The SMILES string of the molecule is CC(C)(Oc1cccc(C2CCN(C(=O)c3ccccc3)CC2)c1)C(=O)O. The van der Waals surface area contributed by atoms with Crippen LogP contribution in [0.4, 0.5) is 0 Å². The lowest BCUT2D eigenvalue weighted by Crippen LogP contribution is -2.38. The highest BCUT2D eigenvalue weighted by Gasteiger charge is 2.30. The summed E-state index contributed by atoms with van der Waals surface area (Å²) < 4.78 is 5.65. The lowest BCUT2D eigenvalue weighted by molar-refractivity contribution is -0.152. The molecule has 1 fully saturated rings. The molecule has 0 saturated carbocycles. The van der Waals surface area contributed by atoms with Crippen LogP contribution in [0.25, 0.3) is 0 Å². The first-order valence-corrected chi connectivity index (χ1v) is 9.23. The lowest BCUT2D eigenvalue weighted by Gasteiger charge is -2.32. The van der Waals surface area contributed by atoms with Crippen molar-refractivity contribution in [3.05, 3.63) is 65.7 Å². The van der Waals surface area contributed by atoms with Crippen LogP contribution < -0.4 is 4.74 Å². The maximum atomic E-state index is 12.6. The van der Waals surface area contributed by atoms with E-state index in [9.17, 15) is 14.7 Å². The van der Waals surface area contributed by atoms with Crippen molar-refractivity contribution in [3.8, 4) is 5.75 Å². The summed E-state index contributed by atoms with van der Waals surface area (Å²) >= 11 is 0. The molecule has 1 N–H and O–H groups in total. The summed E-state index contributed by atoms with van der Waals surface area (Å²) in [5, 5.41) is 9.23. The van der Waals surface area contributed by atoms with Gasteiger partial charge in [-0.25, -0.2) is 4.79 Å². The molecule has 1 heterocycles. The molecule has 0 aromatic heterocycles. The Morgan fingerprint density at radius 1 is 1.04 bits per heavy atom. The number of nitrogens with zero attached hydrogens (tertiary/aromatic N) is 1. The van der Waals surface area contributed by atoms with Crippen molar-refractivity contribution in [3.63, 3.8) is 0 Å². The number of amides is 1. The molecule has 5 heteroatoms. The standard InChI is InChI=1S/C22H25NO4/c1-22(2,21(25)26)27-19-10-6-9-18(15-19)16-11-13-23(14-12-16)20(24)17-7-4-3-5-8-17/h3-10,15-16H,11-14H2,1-2H3,(H,25,26). The van der Waals surface area contributed by atoms with Crippen LogP contribution in [-0.4, -0.2) is 40.6 Å². The van der Waals surface area contributed by atoms with E-state index in [1.54, 1.807) is 6.07 Å². The molecule has 1 amide bonds. The zero-order valence-electron chi connectivity index (χ0n) is 15.7. The van der Waals surface area contributed by atoms with Crippen molar-refractivity contribution in [2.45, 2.75) is 38.2 Å². The van der Waals surface area contributed by atoms with Gasteiger partial charge in [0.25, 0.3) is 5.91 Å². The van der Waals surface area contributed by atoms with Crippen LogP contribution in [0.1, 0.15) is 48.5 Å². The minimum absolute atomic E-state index is 0.0781. The number of hydrogen-bond donors (Lipinski definition) is 1. The van der Waals surface area contributed by atoms with Gasteiger partial charge in [0.1, 0.15) is 5.75 Å².